The van der Waals surface area contributed by atoms with Gasteiger partial charge in [0.15, 0.2) is 24.1 Å². The topological polar surface area (TPSA) is 12.4 Å². The Bertz CT molecular complexity index is 2790. The summed E-state index contributed by atoms with van der Waals surface area (Å²) < 4.78 is 7.63. The highest BCUT2D eigenvalue weighted by molar-refractivity contribution is 6.25. The summed E-state index contributed by atoms with van der Waals surface area (Å²) in [6, 6.07) is 41.9. The van der Waals surface area contributed by atoms with Crippen LogP contribution in [0.5, 0.6) is 0 Å². The van der Waals surface area contributed by atoms with Crippen LogP contribution < -0.4 is 8.97 Å². The molecule has 47 heavy (non-hydrogen) atoms. The minimum Gasteiger partial charge on any atom is -0.308 e. The maximum Gasteiger partial charge on any atom is 0.218 e. The van der Waals surface area contributed by atoms with Gasteiger partial charge in [0, 0.05) is 56.9 Å². The van der Waals surface area contributed by atoms with Crippen LogP contribution in [0.15, 0.2) is 122 Å². The van der Waals surface area contributed by atoms with Crippen molar-refractivity contribution in [3.05, 3.63) is 144 Å². The lowest BCUT2D eigenvalue weighted by atomic mass is 9.73. The second-order valence-electron chi connectivity index (χ2n) is 15.0. The molecular weight excluding hydrogens is 571 g/mol. The highest BCUT2D eigenvalue weighted by atomic mass is 15.0. The third-order valence-corrected chi connectivity index (χ3v) is 11.6. The van der Waals surface area contributed by atoms with E-state index in [1.165, 1.54) is 88.0 Å². The molecule has 11 rings (SSSR count). The van der Waals surface area contributed by atoms with Gasteiger partial charge in [0.2, 0.25) is 11.2 Å². The summed E-state index contributed by atoms with van der Waals surface area (Å²) in [4.78, 5) is 0. The lowest BCUT2D eigenvalue weighted by Crippen LogP contribution is -2.52. The van der Waals surface area contributed by atoms with Crippen molar-refractivity contribution in [2.75, 3.05) is 0 Å². The molecule has 0 spiro atoms. The van der Waals surface area contributed by atoms with Crippen molar-refractivity contribution in [2.45, 2.75) is 51.0 Å². The van der Waals surface area contributed by atoms with Gasteiger partial charge in [-0.3, -0.25) is 0 Å². The van der Waals surface area contributed by atoms with E-state index in [9.17, 15) is 0 Å². The number of nitrogens with zero attached hydrogens (tertiary/aromatic N) is 3. The van der Waals surface area contributed by atoms with Gasteiger partial charge >= 0.3 is 0 Å². The summed E-state index contributed by atoms with van der Waals surface area (Å²) in [5, 5.41) is 8.17. The molecule has 1 aliphatic carbocycles. The van der Waals surface area contributed by atoms with Gasteiger partial charge in [0.05, 0.1) is 34.3 Å². The number of rotatable bonds is 0. The number of fused-ring (bicyclic) bond motifs is 18. The number of benzene rings is 4. The summed E-state index contributed by atoms with van der Waals surface area (Å²) >= 11 is 0. The maximum atomic E-state index is 2.56. The monoisotopic (exact) mass is 605 g/mol. The molecule has 2 atom stereocenters. The van der Waals surface area contributed by atoms with E-state index in [0.29, 0.717) is 12.0 Å². The van der Waals surface area contributed by atoms with E-state index in [-0.39, 0.29) is 5.41 Å². The highest BCUT2D eigenvalue weighted by Gasteiger charge is 2.46. The van der Waals surface area contributed by atoms with Crippen LogP contribution in [-0.4, -0.2) is 4.40 Å². The van der Waals surface area contributed by atoms with Gasteiger partial charge in [0.1, 0.15) is 0 Å². The zero-order chi connectivity index (χ0) is 31.2. The molecule has 1 aliphatic heterocycles. The molecule has 4 aromatic carbocycles. The van der Waals surface area contributed by atoms with Gasteiger partial charge in [0.25, 0.3) is 0 Å². The third kappa shape index (κ3) is 3.27. The van der Waals surface area contributed by atoms with Gasteiger partial charge in [-0.05, 0) is 76.9 Å². The van der Waals surface area contributed by atoms with Gasteiger partial charge in [-0.1, -0.05) is 57.2 Å². The second kappa shape index (κ2) is 8.74. The van der Waals surface area contributed by atoms with E-state index >= 15 is 0 Å². The molecule has 0 fully saturated rings. The predicted octanol–water partition coefficient (Wildman–Crippen LogP) is 9.42. The number of hydrogen-bond acceptors (Lipinski definition) is 0. The van der Waals surface area contributed by atoms with Gasteiger partial charge in [-0.2, -0.15) is 8.97 Å². The summed E-state index contributed by atoms with van der Waals surface area (Å²) in [6.45, 7) is 7.00. The normalized spacial score (nSPS) is 17.5. The first-order chi connectivity index (χ1) is 23.0. The molecule has 0 bridgehead atoms. The molecule has 0 saturated heterocycles. The number of hydrogen-bond donors (Lipinski definition) is 0. The van der Waals surface area contributed by atoms with E-state index in [1.54, 1.807) is 0 Å². The van der Waals surface area contributed by atoms with Gasteiger partial charge < -0.3 is 4.40 Å². The SMILES string of the molecule is CC(C)(C)c1cc2c3ccccc3n3c4cc5c6c([n+]7ccccc7c5cc4c(c1)c23)CC1C(C6)c2ccccc2-c2cccc[n+]21. The zero-order valence-electron chi connectivity index (χ0n) is 27.0. The molecule has 9 aromatic rings. The molecule has 3 heteroatoms. The predicted molar refractivity (Wildman–Crippen MR) is 192 cm³/mol. The number of aromatic nitrogens is 3. The smallest absolute Gasteiger partial charge is 0.218 e. The van der Waals surface area contributed by atoms with Crippen LogP contribution in [0.1, 0.15) is 55.1 Å². The Morgan fingerprint density at radius 2 is 1.40 bits per heavy atom. The summed E-state index contributed by atoms with van der Waals surface area (Å²) in [5.41, 5.74) is 13.8. The minimum atomic E-state index is 0.0541. The van der Waals surface area contributed by atoms with Crippen LogP contribution >= 0.6 is 0 Å². The van der Waals surface area contributed by atoms with Crippen molar-refractivity contribution < 1.29 is 8.97 Å². The molecule has 0 saturated carbocycles. The van der Waals surface area contributed by atoms with Crippen LogP contribution in [0, 0.1) is 0 Å². The fourth-order valence-corrected chi connectivity index (χ4v) is 9.42. The molecule has 3 nitrogen and oxygen atoms in total. The molecule has 2 unspecified atom stereocenters. The van der Waals surface area contributed by atoms with E-state index in [1.807, 2.05) is 0 Å². The Morgan fingerprint density at radius 3 is 2.30 bits per heavy atom. The third-order valence-electron chi connectivity index (χ3n) is 11.6. The van der Waals surface area contributed by atoms with Gasteiger partial charge in [-0.25, -0.2) is 0 Å². The van der Waals surface area contributed by atoms with Crippen molar-refractivity contribution in [2.24, 2.45) is 0 Å². The van der Waals surface area contributed by atoms with Crippen molar-refractivity contribution in [1.29, 1.82) is 0 Å². The molecule has 0 amide bonds. The first-order valence-electron chi connectivity index (χ1n) is 17.1. The van der Waals surface area contributed by atoms with Crippen molar-refractivity contribution in [1.82, 2.24) is 4.40 Å². The van der Waals surface area contributed by atoms with E-state index in [2.05, 4.69) is 156 Å². The first-order valence-corrected chi connectivity index (χ1v) is 17.1. The average Bonchev–Trinajstić information content (AvgIpc) is 3.61. The number of pyridine rings is 3. The largest absolute Gasteiger partial charge is 0.308 e. The van der Waals surface area contributed by atoms with E-state index in [0.717, 1.165) is 12.8 Å². The van der Waals surface area contributed by atoms with Crippen molar-refractivity contribution in [3.8, 4) is 11.3 Å². The van der Waals surface area contributed by atoms with E-state index < -0.39 is 0 Å². The Morgan fingerprint density at radius 1 is 0.638 bits per heavy atom. The summed E-state index contributed by atoms with van der Waals surface area (Å²) in [6.07, 6.45) is 6.62. The van der Waals surface area contributed by atoms with Crippen molar-refractivity contribution in [3.63, 3.8) is 0 Å². The Kier molecular flexibility index (Phi) is 4.81. The van der Waals surface area contributed by atoms with Gasteiger partial charge in [-0.15, -0.1) is 0 Å². The highest BCUT2D eigenvalue weighted by Crippen LogP contribution is 2.48. The van der Waals surface area contributed by atoms with Crippen LogP contribution in [0.3, 0.4) is 0 Å². The Hall–Kier alpha value is -5.28. The fraction of sp³-hybridized carbons (Fsp3) is 0.182. The summed E-state index contributed by atoms with van der Waals surface area (Å²) in [5.74, 6) is 0.419. The molecule has 2 aliphatic rings. The average molecular weight is 606 g/mol. The fourth-order valence-electron chi connectivity index (χ4n) is 9.42. The minimum absolute atomic E-state index is 0.0541. The molecule has 0 radical (unpaired) electrons. The second-order valence-corrected chi connectivity index (χ2v) is 15.0. The lowest BCUT2D eigenvalue weighted by molar-refractivity contribution is -0.721. The molecule has 6 heterocycles. The molecular formula is C44H35N3+2. The maximum absolute atomic E-state index is 2.56. The van der Waals surface area contributed by atoms with Crippen LogP contribution in [0.25, 0.3) is 65.6 Å². The van der Waals surface area contributed by atoms with E-state index in [4.69, 9.17) is 0 Å². The van der Waals surface area contributed by atoms with Crippen molar-refractivity contribution >= 4 is 54.4 Å². The Balaban J connectivity index is 1.28. The summed E-state index contributed by atoms with van der Waals surface area (Å²) in [7, 11) is 0. The van der Waals surface area contributed by atoms with Crippen LogP contribution in [-0.2, 0) is 18.3 Å². The standard InChI is InChI=1S/C44H35N3/c1-44(2,3)26-20-35-29-14-6-7-17-39(29)47-42-24-30-32(23-34(42)36(21-26)43(35)47)38-16-9-11-19-46(38)41-25-40-31(22-33(30)41)27-12-4-5-13-28(27)37-15-8-10-18-45(37)40/h4-21,23-24,31,40H,22,25H2,1-3H3/q+2. The lowest BCUT2D eigenvalue weighted by Gasteiger charge is -2.33. The molecule has 224 valence electrons. The Labute approximate surface area is 273 Å². The first kappa shape index (κ1) is 25.9. The van der Waals surface area contributed by atoms with Crippen LogP contribution in [0.4, 0.5) is 0 Å². The molecule has 0 N–H and O–H groups in total. The molecule has 5 aromatic heterocycles. The number of para-hydroxylation sites is 1. The van der Waals surface area contributed by atoms with Crippen LogP contribution in [0.2, 0.25) is 0 Å². The quantitative estimate of drug-likeness (QED) is 0.121. The zero-order valence-corrected chi connectivity index (χ0v) is 27.0.